The number of halogens is 1. The van der Waals surface area contributed by atoms with Gasteiger partial charge >= 0.3 is 5.88 Å². The Labute approximate surface area is 133 Å². The second kappa shape index (κ2) is 6.08. The summed E-state index contributed by atoms with van der Waals surface area (Å²) in [5.74, 6) is 0.0786. The highest BCUT2D eigenvalue weighted by molar-refractivity contribution is 7.15. The smallest absolute Gasteiger partial charge is 0.401 e. The first-order valence-corrected chi connectivity index (χ1v) is 7.33. The zero-order chi connectivity index (χ0) is 15.5. The number of hydrogen-bond acceptors (Lipinski definition) is 6. The number of rotatable bonds is 4. The summed E-state index contributed by atoms with van der Waals surface area (Å²) in [6.45, 7) is 0. The SMILES string of the molecule is O=[N+]([O-])c1ccc(C=Cc2nnc(-c3ccccc3Cl)s2)o1. The molecule has 2 heterocycles. The van der Waals surface area contributed by atoms with Gasteiger partial charge in [-0.05, 0) is 24.3 Å². The van der Waals surface area contributed by atoms with Crippen molar-refractivity contribution in [2.24, 2.45) is 0 Å². The molecule has 3 aromatic rings. The monoisotopic (exact) mass is 333 g/mol. The summed E-state index contributed by atoms with van der Waals surface area (Å²) in [4.78, 5) is 9.95. The molecule has 2 aromatic heterocycles. The highest BCUT2D eigenvalue weighted by atomic mass is 35.5. The normalized spacial score (nSPS) is 11.1. The van der Waals surface area contributed by atoms with Gasteiger partial charge in [0.25, 0.3) is 0 Å². The minimum atomic E-state index is -0.586. The van der Waals surface area contributed by atoms with E-state index in [1.54, 1.807) is 18.2 Å². The van der Waals surface area contributed by atoms with Crippen molar-refractivity contribution >= 4 is 41.0 Å². The molecule has 3 rings (SSSR count). The molecule has 0 atom stereocenters. The maximum Gasteiger partial charge on any atom is 0.433 e. The van der Waals surface area contributed by atoms with E-state index >= 15 is 0 Å². The van der Waals surface area contributed by atoms with Crippen molar-refractivity contribution in [2.75, 3.05) is 0 Å². The average molecular weight is 334 g/mol. The standard InChI is InChI=1S/C14H8ClN3O3S/c15-11-4-2-1-3-10(11)14-17-16-12(22-14)7-5-9-6-8-13(21-9)18(19)20/h1-8H. The van der Waals surface area contributed by atoms with Crippen molar-refractivity contribution in [1.82, 2.24) is 10.2 Å². The summed E-state index contributed by atoms with van der Waals surface area (Å²) >= 11 is 7.48. The summed E-state index contributed by atoms with van der Waals surface area (Å²) in [5.41, 5.74) is 0.815. The molecule has 0 amide bonds. The van der Waals surface area contributed by atoms with Gasteiger partial charge in [-0.2, -0.15) is 0 Å². The molecule has 0 radical (unpaired) electrons. The van der Waals surface area contributed by atoms with Crippen LogP contribution in [0.1, 0.15) is 10.8 Å². The average Bonchev–Trinajstić information content (AvgIpc) is 3.15. The molecule has 0 fully saturated rings. The van der Waals surface area contributed by atoms with Crippen LogP contribution < -0.4 is 0 Å². The molecule has 22 heavy (non-hydrogen) atoms. The van der Waals surface area contributed by atoms with Crippen LogP contribution in [0.3, 0.4) is 0 Å². The first-order valence-electron chi connectivity index (χ1n) is 6.14. The number of benzene rings is 1. The number of hydrogen-bond donors (Lipinski definition) is 0. The first kappa shape index (κ1) is 14.4. The van der Waals surface area contributed by atoms with Gasteiger partial charge < -0.3 is 4.42 Å². The van der Waals surface area contributed by atoms with E-state index in [0.29, 0.717) is 20.8 Å². The highest BCUT2D eigenvalue weighted by Crippen LogP contribution is 2.30. The van der Waals surface area contributed by atoms with E-state index in [1.807, 2.05) is 18.2 Å². The minimum Gasteiger partial charge on any atom is -0.401 e. The van der Waals surface area contributed by atoms with Crippen LogP contribution in [-0.2, 0) is 0 Å². The molecule has 0 aliphatic carbocycles. The summed E-state index contributed by atoms with van der Waals surface area (Å²) in [5, 5.41) is 20.6. The fraction of sp³-hybridized carbons (Fsp3) is 0. The van der Waals surface area contributed by atoms with Gasteiger partial charge in [0.1, 0.15) is 20.7 Å². The quantitative estimate of drug-likeness (QED) is 0.517. The summed E-state index contributed by atoms with van der Waals surface area (Å²) in [6.07, 6.45) is 3.28. The van der Waals surface area contributed by atoms with E-state index < -0.39 is 4.92 Å². The Bertz CT molecular complexity index is 856. The third kappa shape index (κ3) is 3.05. The van der Waals surface area contributed by atoms with Crippen molar-refractivity contribution in [1.29, 1.82) is 0 Å². The van der Waals surface area contributed by atoms with Gasteiger partial charge in [-0.3, -0.25) is 10.1 Å². The van der Waals surface area contributed by atoms with Gasteiger partial charge in [-0.1, -0.05) is 41.1 Å². The molecule has 0 saturated carbocycles. The summed E-state index contributed by atoms with van der Waals surface area (Å²) in [6, 6.07) is 10.2. The maximum absolute atomic E-state index is 10.5. The number of aromatic nitrogens is 2. The molecule has 0 aliphatic rings. The topological polar surface area (TPSA) is 82.1 Å². The first-order chi connectivity index (χ1) is 10.6. The fourth-order valence-electron chi connectivity index (χ4n) is 1.73. The van der Waals surface area contributed by atoms with Crippen LogP contribution in [0.15, 0.2) is 40.8 Å². The van der Waals surface area contributed by atoms with Gasteiger partial charge in [0.2, 0.25) is 0 Å². The van der Waals surface area contributed by atoms with Gasteiger partial charge in [0.05, 0.1) is 11.1 Å². The highest BCUT2D eigenvalue weighted by Gasteiger charge is 2.11. The van der Waals surface area contributed by atoms with Crippen LogP contribution in [0, 0.1) is 10.1 Å². The number of nitro groups is 1. The lowest BCUT2D eigenvalue weighted by atomic mass is 10.2. The lowest BCUT2D eigenvalue weighted by Gasteiger charge is -1.96. The third-order valence-corrected chi connectivity index (χ3v) is 3.98. The summed E-state index contributed by atoms with van der Waals surface area (Å²) < 4.78 is 5.03. The van der Waals surface area contributed by atoms with Crippen molar-refractivity contribution in [3.8, 4) is 10.6 Å². The zero-order valence-corrected chi connectivity index (χ0v) is 12.5. The molecule has 0 bridgehead atoms. The molecule has 0 unspecified atom stereocenters. The lowest BCUT2D eigenvalue weighted by Crippen LogP contribution is -1.82. The molecular weight excluding hydrogens is 326 g/mol. The van der Waals surface area contributed by atoms with Crippen molar-refractivity contribution in [2.45, 2.75) is 0 Å². The van der Waals surface area contributed by atoms with Gasteiger partial charge in [0, 0.05) is 5.56 Å². The van der Waals surface area contributed by atoms with Crippen molar-refractivity contribution < 1.29 is 9.34 Å². The Balaban J connectivity index is 1.80. The van der Waals surface area contributed by atoms with Crippen LogP contribution in [0.2, 0.25) is 5.02 Å². The third-order valence-electron chi connectivity index (χ3n) is 2.73. The molecule has 110 valence electrons. The number of nitrogens with zero attached hydrogens (tertiary/aromatic N) is 3. The second-order valence-corrected chi connectivity index (χ2v) is 5.61. The van der Waals surface area contributed by atoms with Gasteiger partial charge in [-0.15, -0.1) is 10.2 Å². The lowest BCUT2D eigenvalue weighted by molar-refractivity contribution is -0.402. The Hall–Kier alpha value is -2.51. The summed E-state index contributed by atoms with van der Waals surface area (Å²) in [7, 11) is 0. The van der Waals surface area contributed by atoms with E-state index in [1.165, 1.54) is 23.5 Å². The van der Waals surface area contributed by atoms with Crippen LogP contribution in [0.5, 0.6) is 0 Å². The molecular formula is C14H8ClN3O3S. The molecule has 0 spiro atoms. The molecule has 8 heteroatoms. The van der Waals surface area contributed by atoms with E-state index in [4.69, 9.17) is 16.0 Å². The molecule has 0 saturated heterocycles. The number of furan rings is 1. The van der Waals surface area contributed by atoms with Crippen LogP contribution in [-0.4, -0.2) is 15.1 Å². The van der Waals surface area contributed by atoms with Gasteiger partial charge in [-0.25, -0.2) is 0 Å². The fourth-order valence-corrected chi connectivity index (χ4v) is 2.80. The minimum absolute atomic E-state index is 0.298. The molecule has 0 aliphatic heterocycles. The van der Waals surface area contributed by atoms with E-state index in [9.17, 15) is 10.1 Å². The molecule has 6 nitrogen and oxygen atoms in total. The zero-order valence-electron chi connectivity index (χ0n) is 11.0. The largest absolute Gasteiger partial charge is 0.433 e. The van der Waals surface area contributed by atoms with Crippen LogP contribution in [0.25, 0.3) is 22.7 Å². The van der Waals surface area contributed by atoms with Gasteiger partial charge in [0.15, 0.2) is 0 Å². The van der Waals surface area contributed by atoms with Crippen molar-refractivity contribution in [3.63, 3.8) is 0 Å². The van der Waals surface area contributed by atoms with E-state index in [0.717, 1.165) is 5.56 Å². The predicted octanol–water partition coefficient (Wildman–Crippen LogP) is 4.53. The van der Waals surface area contributed by atoms with Crippen LogP contribution >= 0.6 is 22.9 Å². The van der Waals surface area contributed by atoms with E-state index in [2.05, 4.69) is 10.2 Å². The van der Waals surface area contributed by atoms with Crippen molar-refractivity contribution in [3.05, 3.63) is 62.3 Å². The Morgan fingerprint density at radius 3 is 2.73 bits per heavy atom. The predicted molar refractivity (Wildman–Crippen MR) is 84.6 cm³/mol. The Kier molecular flexibility index (Phi) is 3.99. The molecule has 1 aromatic carbocycles. The molecule has 0 N–H and O–H groups in total. The van der Waals surface area contributed by atoms with Crippen LogP contribution in [0.4, 0.5) is 5.88 Å². The second-order valence-electron chi connectivity index (χ2n) is 4.19. The Morgan fingerprint density at radius 2 is 2.00 bits per heavy atom. The Morgan fingerprint density at radius 1 is 1.18 bits per heavy atom. The maximum atomic E-state index is 10.5. The van der Waals surface area contributed by atoms with E-state index in [-0.39, 0.29) is 5.88 Å².